The molecule has 3 rings (SSSR count). The van der Waals surface area contributed by atoms with Gasteiger partial charge >= 0.3 is 24.7 Å². The highest BCUT2D eigenvalue weighted by Gasteiger charge is 2.38. The minimum Gasteiger partial charge on any atom is -0.506 e. The maximum absolute atomic E-state index is 12.6. The number of phenols is 1. The van der Waals surface area contributed by atoms with E-state index in [2.05, 4.69) is 14.8 Å². The molecule has 0 amide bonds. The van der Waals surface area contributed by atoms with Crippen LogP contribution in [-0.2, 0) is 26.0 Å². The lowest BCUT2D eigenvalue weighted by atomic mass is 9.97. The molecule has 0 heterocycles. The summed E-state index contributed by atoms with van der Waals surface area (Å²) in [6, 6.07) is 16.5. The Morgan fingerprint density at radius 1 is 0.978 bits per heavy atom. The molecule has 45 heavy (non-hydrogen) atoms. The molecule has 17 heteroatoms. The van der Waals surface area contributed by atoms with Crippen molar-refractivity contribution in [3.8, 4) is 11.5 Å². The Balaban J connectivity index is 0.000000900. The van der Waals surface area contributed by atoms with Crippen molar-refractivity contribution in [3.63, 3.8) is 0 Å². The van der Waals surface area contributed by atoms with Crippen molar-refractivity contribution < 1.29 is 64.8 Å². The number of methoxy groups -OCH3 is 1. The lowest BCUT2D eigenvalue weighted by Gasteiger charge is -2.23. The number of carboxylic acid groups (broad SMARTS) is 1. The molecule has 5 N–H and O–H groups in total. The fourth-order valence-corrected chi connectivity index (χ4v) is 4.35. The Morgan fingerprint density at radius 3 is 2.11 bits per heavy atom. The number of alkyl halides is 5. The number of hydrogen-bond donors (Lipinski definition) is 5. The standard InChI is InChI=1S/C26H28F2N2O7S.C2HF3O2/c1-36-25(33)19-5-3-4-16(12-19)13-21(17-6-9-20(10-7-17)37-26(27)28)29-15-24(32)18-8-11-23(31)22(14-18)30-38(2,34)35;3-2(4,5)1(6)7/h3-12,14,21,24,26,29-32H,13,15H2,1-2H3;(H,6,7)/t21?,24-;/m0./s1. The van der Waals surface area contributed by atoms with Crippen LogP contribution in [0.3, 0.4) is 0 Å². The van der Waals surface area contributed by atoms with Gasteiger partial charge in [-0.05, 0) is 59.5 Å². The number of anilines is 1. The number of halogens is 5. The van der Waals surface area contributed by atoms with Crippen molar-refractivity contribution >= 4 is 27.6 Å². The van der Waals surface area contributed by atoms with Crippen LogP contribution in [0.15, 0.2) is 66.7 Å². The number of aliphatic hydroxyl groups is 1. The summed E-state index contributed by atoms with van der Waals surface area (Å²) >= 11 is 0. The molecule has 3 aromatic rings. The maximum Gasteiger partial charge on any atom is 0.490 e. The number of nitrogens with one attached hydrogen (secondary N) is 2. The van der Waals surface area contributed by atoms with Gasteiger partial charge in [0.25, 0.3) is 0 Å². The van der Waals surface area contributed by atoms with Crippen LogP contribution in [0.25, 0.3) is 0 Å². The summed E-state index contributed by atoms with van der Waals surface area (Å²) in [6.07, 6.45) is -4.88. The molecule has 2 atom stereocenters. The first-order valence-corrected chi connectivity index (χ1v) is 14.5. The zero-order valence-electron chi connectivity index (χ0n) is 23.6. The average molecular weight is 665 g/mol. The first-order chi connectivity index (χ1) is 20.9. The van der Waals surface area contributed by atoms with Gasteiger partial charge in [-0.2, -0.15) is 22.0 Å². The SMILES string of the molecule is COC(=O)c1cccc(CC(NC[C@H](O)c2ccc(O)c(NS(C)(=O)=O)c2)c2ccc(OC(F)F)cc2)c1.O=C(O)C(F)(F)F. The predicted octanol–water partition coefficient (Wildman–Crippen LogP) is 4.39. The molecular weight excluding hydrogens is 635 g/mol. The van der Waals surface area contributed by atoms with Gasteiger partial charge in [-0.1, -0.05) is 30.3 Å². The fourth-order valence-electron chi connectivity index (χ4n) is 3.78. The van der Waals surface area contributed by atoms with Gasteiger partial charge in [0.1, 0.15) is 11.5 Å². The van der Waals surface area contributed by atoms with E-state index >= 15 is 0 Å². The van der Waals surface area contributed by atoms with Crippen molar-refractivity contribution in [2.24, 2.45) is 0 Å². The maximum atomic E-state index is 12.6. The van der Waals surface area contributed by atoms with E-state index in [0.29, 0.717) is 23.1 Å². The van der Waals surface area contributed by atoms with Crippen LogP contribution in [0.5, 0.6) is 11.5 Å². The minimum atomic E-state index is -5.08. The number of esters is 1. The number of ether oxygens (including phenoxy) is 2. The van der Waals surface area contributed by atoms with Crippen molar-refractivity contribution in [3.05, 3.63) is 89.0 Å². The second kappa shape index (κ2) is 16.0. The molecular formula is C28H29F5N2O9S. The number of rotatable bonds is 12. The lowest BCUT2D eigenvalue weighted by Crippen LogP contribution is -2.28. The molecule has 0 saturated heterocycles. The topological polar surface area (TPSA) is 171 Å². The van der Waals surface area contributed by atoms with Crippen LogP contribution in [0.4, 0.5) is 27.6 Å². The highest BCUT2D eigenvalue weighted by Crippen LogP contribution is 2.29. The van der Waals surface area contributed by atoms with E-state index in [4.69, 9.17) is 14.6 Å². The molecule has 0 aromatic heterocycles. The van der Waals surface area contributed by atoms with E-state index in [1.54, 1.807) is 30.3 Å². The normalized spacial score (nSPS) is 12.8. The molecule has 0 aliphatic heterocycles. The van der Waals surface area contributed by atoms with Crippen LogP contribution in [0, 0.1) is 0 Å². The number of carboxylic acids is 1. The molecule has 246 valence electrons. The smallest absolute Gasteiger partial charge is 0.490 e. The predicted molar refractivity (Wildman–Crippen MR) is 151 cm³/mol. The summed E-state index contributed by atoms with van der Waals surface area (Å²) < 4.78 is 91.4. The van der Waals surface area contributed by atoms with E-state index in [0.717, 1.165) is 11.8 Å². The van der Waals surface area contributed by atoms with Gasteiger partial charge in [-0.25, -0.2) is 18.0 Å². The lowest BCUT2D eigenvalue weighted by molar-refractivity contribution is -0.192. The molecule has 11 nitrogen and oxygen atoms in total. The Hall–Kier alpha value is -4.48. The monoisotopic (exact) mass is 664 g/mol. The van der Waals surface area contributed by atoms with Gasteiger partial charge in [0.05, 0.1) is 30.7 Å². The van der Waals surface area contributed by atoms with Crippen LogP contribution in [0.1, 0.15) is 39.2 Å². The van der Waals surface area contributed by atoms with Crippen LogP contribution in [-0.4, -0.2) is 68.4 Å². The molecule has 0 radical (unpaired) electrons. The van der Waals surface area contributed by atoms with E-state index in [1.165, 1.54) is 37.4 Å². The number of aliphatic carboxylic acids is 1. The zero-order valence-corrected chi connectivity index (χ0v) is 24.4. The molecule has 0 aliphatic rings. The Labute approximate surface area is 254 Å². The number of aromatic hydroxyl groups is 1. The fraction of sp³-hybridized carbons (Fsp3) is 0.286. The number of hydrogen-bond acceptors (Lipinski definition) is 9. The van der Waals surface area contributed by atoms with E-state index in [-0.39, 0.29) is 23.7 Å². The molecule has 0 aliphatic carbocycles. The molecule has 0 saturated carbocycles. The Kier molecular flexibility index (Phi) is 13.1. The number of sulfonamides is 1. The first-order valence-electron chi connectivity index (χ1n) is 12.6. The van der Waals surface area contributed by atoms with Gasteiger partial charge in [-0.15, -0.1) is 0 Å². The second-order valence-corrected chi connectivity index (χ2v) is 11.0. The Bertz CT molecular complexity index is 1550. The van der Waals surface area contributed by atoms with Crippen molar-refractivity contribution in [1.82, 2.24) is 5.32 Å². The van der Waals surface area contributed by atoms with E-state index in [1.807, 2.05) is 6.07 Å². The summed E-state index contributed by atoms with van der Waals surface area (Å²) in [6.45, 7) is -2.95. The highest BCUT2D eigenvalue weighted by molar-refractivity contribution is 7.92. The number of aliphatic hydroxyl groups excluding tert-OH is 1. The summed E-state index contributed by atoms with van der Waals surface area (Å²) in [5, 5.41) is 31.1. The van der Waals surface area contributed by atoms with Crippen LogP contribution in [0.2, 0.25) is 0 Å². The molecule has 3 aromatic carbocycles. The van der Waals surface area contributed by atoms with Gasteiger partial charge in [0.15, 0.2) is 0 Å². The van der Waals surface area contributed by atoms with Crippen molar-refractivity contribution in [2.75, 3.05) is 24.6 Å². The summed E-state index contributed by atoms with van der Waals surface area (Å²) in [4.78, 5) is 20.8. The summed E-state index contributed by atoms with van der Waals surface area (Å²) in [5.41, 5.74) is 2.10. The quantitative estimate of drug-likeness (QED) is 0.106. The van der Waals surface area contributed by atoms with Gasteiger partial charge in [-0.3, -0.25) is 4.72 Å². The molecule has 0 fully saturated rings. The largest absolute Gasteiger partial charge is 0.506 e. The molecule has 0 spiro atoms. The first kappa shape index (κ1) is 36.7. The van der Waals surface area contributed by atoms with Crippen LogP contribution < -0.4 is 14.8 Å². The number of carbonyl (C=O) groups excluding carboxylic acids is 1. The van der Waals surface area contributed by atoms with Gasteiger partial charge in [0.2, 0.25) is 10.0 Å². The van der Waals surface area contributed by atoms with E-state index in [9.17, 15) is 45.4 Å². The van der Waals surface area contributed by atoms with Gasteiger partial charge in [0, 0.05) is 12.6 Å². The van der Waals surface area contributed by atoms with E-state index < -0.39 is 46.9 Å². The molecule has 1 unspecified atom stereocenters. The Morgan fingerprint density at radius 2 is 1.58 bits per heavy atom. The third kappa shape index (κ3) is 12.6. The number of benzene rings is 3. The third-order valence-corrected chi connectivity index (χ3v) is 6.39. The zero-order chi connectivity index (χ0) is 33.9. The summed E-state index contributed by atoms with van der Waals surface area (Å²) in [7, 11) is -2.38. The van der Waals surface area contributed by atoms with Crippen LogP contribution >= 0.6 is 0 Å². The average Bonchev–Trinajstić information content (AvgIpc) is 2.95. The van der Waals surface area contributed by atoms with Crippen molar-refractivity contribution in [2.45, 2.75) is 31.4 Å². The highest BCUT2D eigenvalue weighted by atomic mass is 32.2. The second-order valence-electron chi connectivity index (χ2n) is 9.27. The van der Waals surface area contributed by atoms with Crippen molar-refractivity contribution in [1.29, 1.82) is 0 Å². The minimum absolute atomic E-state index is 0.00905. The third-order valence-electron chi connectivity index (χ3n) is 5.80. The summed E-state index contributed by atoms with van der Waals surface area (Å²) in [5.74, 6) is -3.56. The van der Waals surface area contributed by atoms with Gasteiger partial charge < -0.3 is 30.1 Å². The molecule has 0 bridgehead atoms. The number of carbonyl (C=O) groups is 2. The number of phenolic OH excluding ortho intramolecular Hbond substituents is 1.